The van der Waals surface area contributed by atoms with E-state index in [0.29, 0.717) is 24.2 Å². The Morgan fingerprint density at radius 2 is 1.92 bits per heavy atom. The summed E-state index contributed by atoms with van der Waals surface area (Å²) in [5.74, 6) is -0.971. The van der Waals surface area contributed by atoms with Crippen LogP contribution in [-0.4, -0.2) is 18.2 Å². The van der Waals surface area contributed by atoms with Gasteiger partial charge in [-0.25, -0.2) is 4.39 Å². The van der Waals surface area contributed by atoms with Crippen molar-refractivity contribution in [2.24, 2.45) is 0 Å². The highest BCUT2D eigenvalue weighted by Crippen LogP contribution is 2.12. The minimum Gasteiger partial charge on any atom is -0.389 e. The van der Waals surface area contributed by atoms with E-state index < -0.39 is 5.91 Å². The van der Waals surface area contributed by atoms with E-state index in [2.05, 4.69) is 10.6 Å². The quantitative estimate of drug-likeness (QED) is 0.347. The van der Waals surface area contributed by atoms with Crippen LogP contribution in [0.4, 0.5) is 10.1 Å². The van der Waals surface area contributed by atoms with Crippen LogP contribution in [0.5, 0.6) is 0 Å². The number of Topliss-reactive ketones (excluding diaryl/α,β-unsaturated/α-hetero) is 1. The first-order valence-corrected chi connectivity index (χ1v) is 8.00. The molecule has 0 saturated carbocycles. The van der Waals surface area contributed by atoms with Crippen molar-refractivity contribution in [2.75, 3.05) is 11.9 Å². The Bertz CT molecular complexity index is 867. The van der Waals surface area contributed by atoms with Gasteiger partial charge in [-0.15, -0.1) is 0 Å². The summed E-state index contributed by atoms with van der Waals surface area (Å²) in [7, 11) is 0. The molecule has 1 amide bonds. The molecule has 0 spiro atoms. The number of rotatable bonds is 7. The number of hydrogen-bond acceptors (Lipinski definition) is 4. The van der Waals surface area contributed by atoms with Crippen LogP contribution < -0.4 is 10.6 Å². The van der Waals surface area contributed by atoms with Crippen LogP contribution in [-0.2, 0) is 11.2 Å². The number of nitriles is 1. The maximum absolute atomic E-state index is 12.8. The topological polar surface area (TPSA) is 82.0 Å². The third-order valence-electron chi connectivity index (χ3n) is 3.61. The van der Waals surface area contributed by atoms with Crippen LogP contribution in [0.25, 0.3) is 0 Å². The van der Waals surface area contributed by atoms with Crippen LogP contribution in [0, 0.1) is 17.1 Å². The highest BCUT2D eigenvalue weighted by Gasteiger charge is 2.10. The fourth-order valence-electron chi connectivity index (χ4n) is 2.20. The Balaban J connectivity index is 1.92. The summed E-state index contributed by atoms with van der Waals surface area (Å²) in [6.45, 7) is 1.93. The molecule has 6 heteroatoms. The van der Waals surface area contributed by atoms with E-state index in [0.717, 1.165) is 5.56 Å². The van der Waals surface area contributed by atoms with E-state index in [1.54, 1.807) is 36.4 Å². The van der Waals surface area contributed by atoms with Crippen molar-refractivity contribution in [1.29, 1.82) is 5.26 Å². The molecule has 0 radical (unpaired) electrons. The van der Waals surface area contributed by atoms with Crippen molar-refractivity contribution in [3.8, 4) is 6.07 Å². The molecule has 0 aliphatic rings. The molecule has 26 heavy (non-hydrogen) atoms. The Kier molecular flexibility index (Phi) is 6.63. The molecule has 0 unspecified atom stereocenters. The summed E-state index contributed by atoms with van der Waals surface area (Å²) < 4.78 is 12.8. The molecule has 0 aliphatic carbocycles. The first-order chi connectivity index (χ1) is 12.5. The molecule has 0 aliphatic heterocycles. The molecule has 2 aromatic rings. The average Bonchev–Trinajstić information content (AvgIpc) is 2.63. The fraction of sp³-hybridized carbons (Fsp3) is 0.150. The Hall–Kier alpha value is -3.46. The Morgan fingerprint density at radius 3 is 2.58 bits per heavy atom. The van der Waals surface area contributed by atoms with E-state index in [1.807, 2.05) is 6.07 Å². The number of anilines is 1. The predicted molar refractivity (Wildman–Crippen MR) is 96.9 cm³/mol. The minimum absolute atomic E-state index is 0.0858. The van der Waals surface area contributed by atoms with Gasteiger partial charge in [-0.2, -0.15) is 5.26 Å². The molecule has 0 fully saturated rings. The maximum Gasteiger partial charge on any atom is 0.267 e. The number of benzene rings is 2. The summed E-state index contributed by atoms with van der Waals surface area (Å²) in [5, 5.41) is 14.6. The monoisotopic (exact) mass is 351 g/mol. The second-order valence-corrected chi connectivity index (χ2v) is 5.59. The standard InChI is InChI=1S/C20H18FN3O2/c1-14(25)16-3-2-4-19(11-16)24-20(26)17(12-22)13-23-10-9-15-5-7-18(21)8-6-15/h2-8,11,13,23H,9-10H2,1H3,(H,24,26)/b17-13-. The number of carbonyl (C=O) groups excluding carboxylic acids is 2. The number of amides is 1. The number of nitrogens with zero attached hydrogens (tertiary/aromatic N) is 1. The molecule has 2 aromatic carbocycles. The first kappa shape index (κ1) is 18.9. The van der Waals surface area contributed by atoms with E-state index in [9.17, 15) is 14.0 Å². The predicted octanol–water partition coefficient (Wildman–Crippen LogP) is 3.21. The molecular weight excluding hydrogens is 333 g/mol. The molecule has 0 atom stereocenters. The lowest BCUT2D eigenvalue weighted by Gasteiger charge is -2.06. The lowest BCUT2D eigenvalue weighted by Crippen LogP contribution is -2.18. The number of nitrogens with one attached hydrogen (secondary N) is 2. The fourth-order valence-corrected chi connectivity index (χ4v) is 2.20. The van der Waals surface area contributed by atoms with E-state index in [1.165, 1.54) is 25.3 Å². The zero-order chi connectivity index (χ0) is 18.9. The zero-order valence-electron chi connectivity index (χ0n) is 14.3. The van der Waals surface area contributed by atoms with Gasteiger partial charge in [0.25, 0.3) is 5.91 Å². The lowest BCUT2D eigenvalue weighted by molar-refractivity contribution is -0.112. The van der Waals surface area contributed by atoms with Crippen molar-refractivity contribution in [2.45, 2.75) is 13.3 Å². The molecule has 2 N–H and O–H groups in total. The van der Waals surface area contributed by atoms with Crippen LogP contribution in [0.15, 0.2) is 60.3 Å². The number of carbonyl (C=O) groups is 2. The number of hydrogen-bond donors (Lipinski definition) is 2. The second-order valence-electron chi connectivity index (χ2n) is 5.59. The van der Waals surface area contributed by atoms with Crippen molar-refractivity contribution in [3.63, 3.8) is 0 Å². The number of ketones is 1. The average molecular weight is 351 g/mol. The van der Waals surface area contributed by atoms with Crippen LogP contribution in [0.2, 0.25) is 0 Å². The highest BCUT2D eigenvalue weighted by atomic mass is 19.1. The van der Waals surface area contributed by atoms with Crippen LogP contribution in [0.3, 0.4) is 0 Å². The summed E-state index contributed by atoms with van der Waals surface area (Å²) >= 11 is 0. The molecule has 0 aromatic heterocycles. The summed E-state index contributed by atoms with van der Waals surface area (Å²) in [5.41, 5.74) is 1.77. The normalized spacial score (nSPS) is 10.7. The summed E-state index contributed by atoms with van der Waals surface area (Å²) in [4.78, 5) is 23.5. The van der Waals surface area contributed by atoms with Gasteiger partial charge >= 0.3 is 0 Å². The molecule has 132 valence electrons. The van der Waals surface area contributed by atoms with E-state index in [4.69, 9.17) is 5.26 Å². The van der Waals surface area contributed by atoms with Gasteiger partial charge in [0, 0.05) is 24.0 Å². The van der Waals surface area contributed by atoms with Crippen LogP contribution >= 0.6 is 0 Å². The van der Waals surface area contributed by atoms with Crippen molar-refractivity contribution >= 4 is 17.4 Å². The van der Waals surface area contributed by atoms with Gasteiger partial charge in [0.15, 0.2) is 5.78 Å². The Labute approximate surface area is 151 Å². The van der Waals surface area contributed by atoms with Gasteiger partial charge in [0.05, 0.1) is 0 Å². The lowest BCUT2D eigenvalue weighted by atomic mass is 10.1. The molecule has 0 heterocycles. The van der Waals surface area contributed by atoms with Crippen molar-refractivity contribution in [3.05, 3.63) is 77.2 Å². The molecule has 2 rings (SSSR count). The third kappa shape index (κ3) is 5.56. The molecular formula is C20H18FN3O2. The van der Waals surface area contributed by atoms with Gasteiger partial charge in [-0.05, 0) is 43.2 Å². The largest absolute Gasteiger partial charge is 0.389 e. The van der Waals surface area contributed by atoms with Gasteiger partial charge < -0.3 is 10.6 Å². The van der Waals surface area contributed by atoms with Gasteiger partial charge in [0.2, 0.25) is 0 Å². The van der Waals surface area contributed by atoms with Crippen molar-refractivity contribution in [1.82, 2.24) is 5.32 Å². The number of halogens is 1. The highest BCUT2D eigenvalue weighted by molar-refractivity contribution is 6.07. The second kappa shape index (κ2) is 9.14. The SMILES string of the molecule is CC(=O)c1cccc(NC(=O)/C(C#N)=C\NCCc2ccc(F)cc2)c1. The van der Waals surface area contributed by atoms with Crippen molar-refractivity contribution < 1.29 is 14.0 Å². The van der Waals surface area contributed by atoms with Gasteiger partial charge in [-0.3, -0.25) is 9.59 Å². The van der Waals surface area contributed by atoms with Gasteiger partial charge in [-0.1, -0.05) is 24.3 Å². The summed E-state index contributed by atoms with van der Waals surface area (Å²) in [6, 6.07) is 14.5. The maximum atomic E-state index is 12.8. The first-order valence-electron chi connectivity index (χ1n) is 8.00. The minimum atomic E-state index is -0.567. The molecule has 0 saturated heterocycles. The third-order valence-corrected chi connectivity index (χ3v) is 3.61. The van der Waals surface area contributed by atoms with E-state index in [-0.39, 0.29) is 17.2 Å². The molecule has 0 bridgehead atoms. The molecule has 5 nitrogen and oxygen atoms in total. The smallest absolute Gasteiger partial charge is 0.267 e. The Morgan fingerprint density at radius 1 is 1.19 bits per heavy atom. The summed E-state index contributed by atoms with van der Waals surface area (Å²) in [6.07, 6.45) is 1.96. The van der Waals surface area contributed by atoms with Gasteiger partial charge in [0.1, 0.15) is 17.5 Å². The van der Waals surface area contributed by atoms with E-state index >= 15 is 0 Å². The van der Waals surface area contributed by atoms with Crippen LogP contribution in [0.1, 0.15) is 22.8 Å². The zero-order valence-corrected chi connectivity index (χ0v) is 14.3.